The van der Waals surface area contributed by atoms with Crippen molar-refractivity contribution in [1.29, 1.82) is 0 Å². The molecular weight excluding hydrogens is 564 g/mol. The summed E-state index contributed by atoms with van der Waals surface area (Å²) in [6.07, 6.45) is 0. The number of hydrogen-bond acceptors (Lipinski definition) is 8. The average Bonchev–Trinajstić information content (AvgIpc) is 3.67. The van der Waals surface area contributed by atoms with Gasteiger partial charge in [0.15, 0.2) is 17.3 Å². The molecule has 0 fully saturated rings. The van der Waals surface area contributed by atoms with Gasteiger partial charge in [0.05, 0.1) is 21.1 Å². The Kier molecular flexibility index (Phi) is 6.79. The summed E-state index contributed by atoms with van der Waals surface area (Å²) in [5.41, 5.74) is 2.53. The summed E-state index contributed by atoms with van der Waals surface area (Å²) in [6.45, 7) is 0. The predicted molar refractivity (Wildman–Crippen MR) is 155 cm³/mol. The quantitative estimate of drug-likeness (QED) is 0.128. The third kappa shape index (κ3) is 5.07. The van der Waals surface area contributed by atoms with Gasteiger partial charge in [-0.15, -0.1) is 21.5 Å². The van der Waals surface area contributed by atoms with Gasteiger partial charge in [0, 0.05) is 28.4 Å². The Morgan fingerprint density at radius 3 is 2.41 bits per heavy atom. The van der Waals surface area contributed by atoms with E-state index in [0.29, 0.717) is 22.9 Å². The smallest absolute Gasteiger partial charge is 0.288 e. The Morgan fingerprint density at radius 2 is 1.68 bits per heavy atom. The maximum atomic E-state index is 13.2. The molecule has 0 atom stereocenters. The van der Waals surface area contributed by atoms with Crippen molar-refractivity contribution in [2.75, 3.05) is 5.32 Å². The van der Waals surface area contributed by atoms with Gasteiger partial charge >= 0.3 is 0 Å². The van der Waals surface area contributed by atoms with E-state index >= 15 is 0 Å². The van der Waals surface area contributed by atoms with Crippen LogP contribution in [0.1, 0.15) is 26.3 Å². The van der Waals surface area contributed by atoms with Gasteiger partial charge in [0.1, 0.15) is 5.02 Å². The van der Waals surface area contributed by atoms with Crippen molar-refractivity contribution in [3.8, 4) is 22.0 Å². The lowest BCUT2D eigenvalue weighted by atomic mass is 9.97. The van der Waals surface area contributed by atoms with Crippen molar-refractivity contribution in [3.63, 3.8) is 0 Å². The molecule has 12 heteroatoms. The molecule has 0 radical (unpaired) electrons. The van der Waals surface area contributed by atoms with Gasteiger partial charge in [0.2, 0.25) is 0 Å². The number of nitro groups is 1. The minimum Gasteiger partial charge on any atom is -0.322 e. The molecule has 0 spiro atoms. The number of nitro benzene ring substituents is 1. The summed E-state index contributed by atoms with van der Waals surface area (Å²) in [5, 5.41) is 29.1. The van der Waals surface area contributed by atoms with Crippen molar-refractivity contribution in [2.24, 2.45) is 0 Å². The molecule has 0 unspecified atom stereocenters. The van der Waals surface area contributed by atoms with E-state index in [4.69, 9.17) is 16.7 Å². The number of carbonyl (C=O) groups is 2. The van der Waals surface area contributed by atoms with E-state index in [1.54, 1.807) is 40.1 Å². The Labute approximate surface area is 241 Å². The zero-order chi connectivity index (χ0) is 28.5. The van der Waals surface area contributed by atoms with Gasteiger partial charge in [-0.3, -0.25) is 19.7 Å². The van der Waals surface area contributed by atoms with Crippen LogP contribution < -0.4 is 5.32 Å². The first-order chi connectivity index (χ1) is 19.9. The van der Waals surface area contributed by atoms with E-state index in [-0.39, 0.29) is 27.4 Å². The van der Waals surface area contributed by atoms with Crippen LogP contribution in [0, 0.1) is 10.1 Å². The van der Waals surface area contributed by atoms with Crippen molar-refractivity contribution >= 4 is 51.7 Å². The lowest BCUT2D eigenvalue weighted by Gasteiger charge is -2.11. The lowest BCUT2D eigenvalue weighted by molar-refractivity contribution is -0.384. The zero-order valence-corrected chi connectivity index (χ0v) is 22.5. The summed E-state index contributed by atoms with van der Waals surface area (Å²) >= 11 is 7.43. The van der Waals surface area contributed by atoms with Gasteiger partial charge in [0.25, 0.3) is 11.6 Å². The fraction of sp³-hybridized carbons (Fsp3) is 0. The highest BCUT2D eigenvalue weighted by Gasteiger charge is 2.22. The van der Waals surface area contributed by atoms with Crippen LogP contribution in [0.2, 0.25) is 5.02 Å². The van der Waals surface area contributed by atoms with E-state index in [1.165, 1.54) is 24.3 Å². The summed E-state index contributed by atoms with van der Waals surface area (Å²) < 4.78 is 1.69. The summed E-state index contributed by atoms with van der Waals surface area (Å²) in [7, 11) is 0. The molecular formula is C29H17ClN6O4S. The second-order valence-electron chi connectivity index (χ2n) is 8.82. The molecule has 3 aromatic heterocycles. The number of nitrogens with zero attached hydrogens (tertiary/aromatic N) is 5. The number of fused-ring (bicyclic) bond motifs is 1. The monoisotopic (exact) mass is 580 g/mol. The van der Waals surface area contributed by atoms with Crippen LogP contribution in [0.15, 0.2) is 96.4 Å². The second-order valence-corrected chi connectivity index (χ2v) is 10.2. The minimum atomic E-state index is -0.663. The van der Waals surface area contributed by atoms with Crippen molar-refractivity contribution in [1.82, 2.24) is 19.8 Å². The highest BCUT2D eigenvalue weighted by molar-refractivity contribution is 7.13. The van der Waals surface area contributed by atoms with Gasteiger partial charge in [-0.2, -0.15) is 9.61 Å². The van der Waals surface area contributed by atoms with Gasteiger partial charge in [-0.05, 0) is 53.9 Å². The lowest BCUT2D eigenvalue weighted by Crippen LogP contribution is -2.17. The van der Waals surface area contributed by atoms with E-state index in [2.05, 4.69) is 15.5 Å². The molecule has 6 rings (SSSR count). The molecule has 0 saturated carbocycles. The van der Waals surface area contributed by atoms with Crippen LogP contribution in [0.3, 0.4) is 0 Å². The number of hydrogen-bond donors (Lipinski definition) is 1. The van der Waals surface area contributed by atoms with Crippen LogP contribution in [0.25, 0.3) is 27.6 Å². The van der Waals surface area contributed by atoms with E-state index in [9.17, 15) is 19.7 Å². The third-order valence-electron chi connectivity index (χ3n) is 6.26. The highest BCUT2D eigenvalue weighted by atomic mass is 35.5. The third-order valence-corrected chi connectivity index (χ3v) is 7.45. The first-order valence-corrected chi connectivity index (χ1v) is 13.4. The Hall–Kier alpha value is -5.26. The molecule has 0 aliphatic heterocycles. The summed E-state index contributed by atoms with van der Waals surface area (Å²) in [4.78, 5) is 38.0. The second kappa shape index (κ2) is 10.7. The SMILES string of the molecule is O=C(Nc1ccc(-c2ccc3nnc(-c4cccs4)n3n2)cc1)c1ccccc1C(=O)c1ccc(Cl)c([N+](=O)[O-])c1. The van der Waals surface area contributed by atoms with E-state index in [1.807, 2.05) is 41.8 Å². The standard InChI is InChI=1S/C29H17ClN6O4S/c30-22-12-9-18(16-24(22)36(39)40)27(37)20-4-1-2-5-21(20)29(38)31-19-10-7-17(8-11-19)23-13-14-26-32-33-28(35(26)34-23)25-6-3-15-41-25/h1-16H,(H,31,38). The number of anilines is 1. The molecule has 3 aromatic carbocycles. The van der Waals surface area contributed by atoms with Gasteiger partial charge in [-0.25, -0.2) is 0 Å². The number of halogens is 1. The number of rotatable bonds is 7. The van der Waals surface area contributed by atoms with Crippen LogP contribution in [-0.2, 0) is 0 Å². The number of benzene rings is 3. The Morgan fingerprint density at radius 1 is 0.902 bits per heavy atom. The first-order valence-electron chi connectivity index (χ1n) is 12.1. The minimum absolute atomic E-state index is 0.0468. The molecule has 41 heavy (non-hydrogen) atoms. The molecule has 0 saturated heterocycles. The first kappa shape index (κ1) is 26.0. The molecule has 200 valence electrons. The zero-order valence-electron chi connectivity index (χ0n) is 20.9. The normalized spacial score (nSPS) is 11.0. The Bertz CT molecular complexity index is 1950. The van der Waals surface area contributed by atoms with Crippen LogP contribution >= 0.6 is 22.9 Å². The molecule has 0 aliphatic rings. The predicted octanol–water partition coefficient (Wildman–Crippen LogP) is 6.56. The number of ketones is 1. The summed E-state index contributed by atoms with van der Waals surface area (Å²) in [5.74, 6) is -0.389. The van der Waals surface area contributed by atoms with Crippen molar-refractivity contribution < 1.29 is 14.5 Å². The number of thiophene rings is 1. The molecule has 1 N–H and O–H groups in total. The molecule has 6 aromatic rings. The average molecular weight is 581 g/mol. The van der Waals surface area contributed by atoms with E-state index in [0.717, 1.165) is 16.5 Å². The van der Waals surface area contributed by atoms with Crippen molar-refractivity contribution in [2.45, 2.75) is 0 Å². The molecule has 10 nitrogen and oxygen atoms in total. The molecule has 0 aliphatic carbocycles. The van der Waals surface area contributed by atoms with Crippen LogP contribution in [0.5, 0.6) is 0 Å². The largest absolute Gasteiger partial charge is 0.322 e. The number of carbonyl (C=O) groups excluding carboxylic acids is 2. The highest BCUT2D eigenvalue weighted by Crippen LogP contribution is 2.28. The fourth-order valence-corrected chi connectivity index (χ4v) is 5.13. The van der Waals surface area contributed by atoms with Gasteiger partial charge < -0.3 is 5.32 Å². The van der Waals surface area contributed by atoms with Gasteiger partial charge in [-0.1, -0.05) is 48.0 Å². The number of amides is 1. The van der Waals surface area contributed by atoms with Crippen LogP contribution in [0.4, 0.5) is 11.4 Å². The fourth-order valence-electron chi connectivity index (χ4n) is 4.25. The van der Waals surface area contributed by atoms with E-state index < -0.39 is 16.6 Å². The van der Waals surface area contributed by atoms with Crippen LogP contribution in [-0.4, -0.2) is 36.4 Å². The summed E-state index contributed by atoms with van der Waals surface area (Å²) in [6, 6.07) is 24.7. The Balaban J connectivity index is 1.23. The maximum absolute atomic E-state index is 13.2. The molecule has 3 heterocycles. The topological polar surface area (TPSA) is 132 Å². The maximum Gasteiger partial charge on any atom is 0.288 e. The molecule has 0 bridgehead atoms. The van der Waals surface area contributed by atoms with Crippen molar-refractivity contribution in [3.05, 3.63) is 128 Å². The molecule has 1 amide bonds. The number of nitrogens with one attached hydrogen (secondary N) is 1. The number of aromatic nitrogens is 4.